The van der Waals surface area contributed by atoms with Crippen molar-refractivity contribution in [2.45, 2.75) is 4.90 Å². The van der Waals surface area contributed by atoms with Gasteiger partial charge in [-0.2, -0.15) is 4.31 Å². The van der Waals surface area contributed by atoms with Crippen molar-refractivity contribution >= 4 is 39.3 Å². The first-order valence-electron chi connectivity index (χ1n) is 11.6. The van der Waals surface area contributed by atoms with Crippen LogP contribution in [0.4, 0.5) is 5.69 Å². The summed E-state index contributed by atoms with van der Waals surface area (Å²) in [6.45, 7) is 2.80. The molecule has 1 saturated heterocycles. The Bertz CT molecular complexity index is 1320. The van der Waals surface area contributed by atoms with Gasteiger partial charge in [-0.25, -0.2) is 8.42 Å². The molecule has 0 spiro atoms. The molecule has 0 aromatic heterocycles. The van der Waals surface area contributed by atoms with Gasteiger partial charge in [-0.1, -0.05) is 54.1 Å². The van der Waals surface area contributed by atoms with Crippen molar-refractivity contribution in [3.8, 4) is 5.75 Å². The average molecular weight is 526 g/mol. The number of hydrogen-bond donors (Lipinski definition) is 1. The summed E-state index contributed by atoms with van der Waals surface area (Å²) in [6.07, 6.45) is 4.17. The Balaban J connectivity index is 1.42. The number of benzene rings is 3. The quantitative estimate of drug-likeness (QED) is 0.464. The molecule has 0 bridgehead atoms. The predicted octanol–water partition coefficient (Wildman–Crippen LogP) is 4.62. The predicted molar refractivity (Wildman–Crippen MR) is 143 cm³/mol. The summed E-state index contributed by atoms with van der Waals surface area (Å²) in [5.41, 5.74) is 1.81. The lowest BCUT2D eigenvalue weighted by Crippen LogP contribution is -2.48. The number of halogens is 1. The highest BCUT2D eigenvalue weighted by Gasteiger charge is 2.29. The third-order valence-electron chi connectivity index (χ3n) is 5.97. The van der Waals surface area contributed by atoms with Gasteiger partial charge in [0.05, 0.1) is 17.7 Å². The zero-order valence-corrected chi connectivity index (χ0v) is 21.5. The number of anilines is 1. The van der Waals surface area contributed by atoms with Crippen LogP contribution in [0.5, 0.6) is 5.75 Å². The number of piperazine rings is 1. The standard InChI is InChI=1S/C27H28ClN3O4S/c1-35-26-14-13-24(20-25(26)29-27(32)22-9-11-23(28)12-10-22)36(33,34)31-18-16-30(17-19-31)15-5-8-21-6-3-2-4-7-21/h2-14,20H,15-19H2,1H3,(H,29,32)/b8-5+. The first-order chi connectivity index (χ1) is 17.4. The van der Waals surface area contributed by atoms with Gasteiger partial charge in [0.15, 0.2) is 0 Å². The highest BCUT2D eigenvalue weighted by molar-refractivity contribution is 7.89. The summed E-state index contributed by atoms with van der Waals surface area (Å²) in [7, 11) is -2.27. The Labute approximate surface area is 217 Å². The number of hydrogen-bond acceptors (Lipinski definition) is 5. The second-order valence-corrected chi connectivity index (χ2v) is 10.7. The van der Waals surface area contributed by atoms with Gasteiger partial charge in [0, 0.05) is 43.3 Å². The first kappa shape index (κ1) is 25.9. The molecule has 0 aliphatic carbocycles. The van der Waals surface area contributed by atoms with Crippen molar-refractivity contribution in [2.75, 3.05) is 45.2 Å². The molecule has 1 amide bonds. The molecule has 9 heteroatoms. The average Bonchev–Trinajstić information content (AvgIpc) is 2.90. The Morgan fingerprint density at radius 3 is 2.36 bits per heavy atom. The highest BCUT2D eigenvalue weighted by atomic mass is 35.5. The van der Waals surface area contributed by atoms with E-state index in [1.54, 1.807) is 30.3 Å². The molecule has 7 nitrogen and oxygen atoms in total. The second-order valence-electron chi connectivity index (χ2n) is 8.34. The summed E-state index contributed by atoms with van der Waals surface area (Å²) in [5.74, 6) is -0.0250. The van der Waals surface area contributed by atoms with Gasteiger partial charge >= 0.3 is 0 Å². The van der Waals surface area contributed by atoms with E-state index in [-0.39, 0.29) is 10.6 Å². The van der Waals surface area contributed by atoms with E-state index < -0.39 is 15.9 Å². The van der Waals surface area contributed by atoms with Crippen LogP contribution >= 0.6 is 11.6 Å². The van der Waals surface area contributed by atoms with Gasteiger partial charge in [0.25, 0.3) is 5.91 Å². The molecule has 1 heterocycles. The van der Waals surface area contributed by atoms with Crippen LogP contribution in [0.1, 0.15) is 15.9 Å². The summed E-state index contributed by atoms with van der Waals surface area (Å²) < 4.78 is 33.6. The molecule has 1 aliphatic heterocycles. The number of nitrogens with one attached hydrogen (secondary N) is 1. The molecule has 0 unspecified atom stereocenters. The smallest absolute Gasteiger partial charge is 0.255 e. The third kappa shape index (κ3) is 6.33. The lowest BCUT2D eigenvalue weighted by Gasteiger charge is -2.33. The molecule has 4 rings (SSSR count). The molecule has 3 aromatic rings. The van der Waals surface area contributed by atoms with E-state index in [4.69, 9.17) is 16.3 Å². The maximum atomic E-state index is 13.4. The molecule has 1 N–H and O–H groups in total. The Hall–Kier alpha value is -3.17. The van der Waals surface area contributed by atoms with Crippen LogP contribution in [0.2, 0.25) is 5.02 Å². The Morgan fingerprint density at radius 1 is 1.00 bits per heavy atom. The zero-order valence-electron chi connectivity index (χ0n) is 19.9. The lowest BCUT2D eigenvalue weighted by molar-refractivity contribution is 0.102. The number of amides is 1. The topological polar surface area (TPSA) is 79.0 Å². The van der Waals surface area contributed by atoms with Gasteiger partial charge in [0.1, 0.15) is 5.75 Å². The number of ether oxygens (including phenoxy) is 1. The molecule has 188 valence electrons. The number of sulfonamides is 1. The maximum Gasteiger partial charge on any atom is 0.255 e. The molecule has 36 heavy (non-hydrogen) atoms. The minimum absolute atomic E-state index is 0.104. The molecule has 1 fully saturated rings. The van der Waals surface area contributed by atoms with Crippen molar-refractivity contribution in [1.82, 2.24) is 9.21 Å². The van der Waals surface area contributed by atoms with Crippen molar-refractivity contribution in [3.63, 3.8) is 0 Å². The van der Waals surface area contributed by atoms with Crippen LogP contribution in [0.15, 0.2) is 83.8 Å². The SMILES string of the molecule is COc1ccc(S(=O)(=O)N2CCN(C/C=C/c3ccccc3)CC2)cc1NC(=O)c1ccc(Cl)cc1. The van der Waals surface area contributed by atoms with Crippen LogP contribution in [0.25, 0.3) is 6.08 Å². The van der Waals surface area contributed by atoms with Gasteiger partial charge in [0.2, 0.25) is 10.0 Å². The van der Waals surface area contributed by atoms with Crippen LogP contribution in [0, 0.1) is 0 Å². The summed E-state index contributed by atoms with van der Waals surface area (Å²) in [4.78, 5) is 15.0. The molecule has 0 radical (unpaired) electrons. The van der Waals surface area contributed by atoms with E-state index in [1.807, 2.05) is 30.3 Å². The van der Waals surface area contributed by atoms with Crippen molar-refractivity contribution < 1.29 is 17.9 Å². The largest absolute Gasteiger partial charge is 0.495 e. The summed E-state index contributed by atoms with van der Waals surface area (Å²) in [6, 6.07) is 21.0. The van der Waals surface area contributed by atoms with E-state index in [1.165, 1.54) is 23.5 Å². The fraction of sp³-hybridized carbons (Fsp3) is 0.222. The van der Waals surface area contributed by atoms with E-state index >= 15 is 0 Å². The molecule has 0 atom stereocenters. The lowest BCUT2D eigenvalue weighted by atomic mass is 10.2. The van der Waals surface area contributed by atoms with Crippen LogP contribution in [0.3, 0.4) is 0 Å². The Kier molecular flexibility index (Phi) is 8.43. The van der Waals surface area contributed by atoms with Crippen LogP contribution < -0.4 is 10.1 Å². The van der Waals surface area contributed by atoms with Crippen molar-refractivity contribution in [1.29, 1.82) is 0 Å². The highest BCUT2D eigenvalue weighted by Crippen LogP contribution is 2.30. The van der Waals surface area contributed by atoms with Gasteiger partial charge in [-0.15, -0.1) is 0 Å². The van der Waals surface area contributed by atoms with Crippen LogP contribution in [-0.4, -0.2) is 63.4 Å². The minimum Gasteiger partial charge on any atom is -0.495 e. The monoisotopic (exact) mass is 525 g/mol. The fourth-order valence-electron chi connectivity index (χ4n) is 3.94. The minimum atomic E-state index is -3.74. The first-order valence-corrected chi connectivity index (χ1v) is 13.4. The van der Waals surface area contributed by atoms with E-state index in [0.29, 0.717) is 42.5 Å². The molecular weight excluding hydrogens is 498 g/mol. The normalized spacial score (nSPS) is 15.2. The van der Waals surface area contributed by atoms with E-state index in [9.17, 15) is 13.2 Å². The molecular formula is C27H28ClN3O4S. The van der Waals surface area contributed by atoms with Gasteiger partial charge < -0.3 is 10.1 Å². The van der Waals surface area contributed by atoms with Crippen molar-refractivity contribution in [3.05, 3.63) is 95.0 Å². The van der Waals surface area contributed by atoms with E-state index in [0.717, 1.165) is 12.1 Å². The third-order valence-corrected chi connectivity index (χ3v) is 8.11. The Morgan fingerprint density at radius 2 is 1.69 bits per heavy atom. The molecule has 3 aromatic carbocycles. The molecule has 1 aliphatic rings. The number of rotatable bonds is 8. The maximum absolute atomic E-state index is 13.4. The number of methoxy groups -OCH3 is 1. The van der Waals surface area contributed by atoms with E-state index in [2.05, 4.69) is 22.4 Å². The molecule has 0 saturated carbocycles. The number of carbonyl (C=O) groups excluding carboxylic acids is 1. The number of nitrogens with zero attached hydrogens (tertiary/aromatic N) is 2. The fourth-order valence-corrected chi connectivity index (χ4v) is 5.52. The summed E-state index contributed by atoms with van der Waals surface area (Å²) >= 11 is 5.90. The van der Waals surface area contributed by atoms with Gasteiger partial charge in [-0.05, 0) is 48.0 Å². The van der Waals surface area contributed by atoms with Crippen LogP contribution in [-0.2, 0) is 10.0 Å². The van der Waals surface area contributed by atoms with Gasteiger partial charge in [-0.3, -0.25) is 9.69 Å². The zero-order chi connectivity index (χ0) is 25.5. The summed E-state index contributed by atoms with van der Waals surface area (Å²) in [5, 5.41) is 3.27. The number of carbonyl (C=O) groups is 1. The van der Waals surface area contributed by atoms with Crippen molar-refractivity contribution in [2.24, 2.45) is 0 Å². The second kappa shape index (κ2) is 11.7.